The minimum Gasteiger partial charge on any atom is -0.368 e. The highest BCUT2D eigenvalue weighted by Gasteiger charge is 2.25. The van der Waals surface area contributed by atoms with Gasteiger partial charge in [-0.1, -0.05) is 36.4 Å². The first-order valence-electron chi connectivity index (χ1n) is 10.3. The van der Waals surface area contributed by atoms with E-state index in [0.717, 1.165) is 44.7 Å². The standard InChI is InChI=1S/C23H27N3O2S/c27-22(26-15-13-25(14-16-26)19-7-2-1-3-8-19)12-17-29-21-11-10-18-6-4-5-9-20(18)24-23(21)28/h1-9,21H,10-17H2,(H,24,28)/t21-/m0/s1. The van der Waals surface area contributed by atoms with Gasteiger partial charge in [-0.25, -0.2) is 0 Å². The van der Waals surface area contributed by atoms with Crippen LogP contribution in [0.5, 0.6) is 0 Å². The van der Waals surface area contributed by atoms with Gasteiger partial charge in [0.25, 0.3) is 0 Å². The average molecular weight is 410 g/mol. The van der Waals surface area contributed by atoms with Gasteiger partial charge in [-0.2, -0.15) is 0 Å². The van der Waals surface area contributed by atoms with Crippen LogP contribution in [0.3, 0.4) is 0 Å². The number of hydrogen-bond donors (Lipinski definition) is 1. The Hall–Kier alpha value is -2.47. The van der Waals surface area contributed by atoms with Gasteiger partial charge in [-0.3, -0.25) is 9.59 Å². The van der Waals surface area contributed by atoms with Gasteiger partial charge in [0.05, 0.1) is 5.25 Å². The molecule has 152 valence electrons. The number of aryl methyl sites for hydroxylation is 1. The van der Waals surface area contributed by atoms with Gasteiger partial charge >= 0.3 is 0 Å². The van der Waals surface area contributed by atoms with Gasteiger partial charge in [0.1, 0.15) is 0 Å². The maximum atomic E-state index is 12.6. The highest BCUT2D eigenvalue weighted by atomic mass is 32.2. The van der Waals surface area contributed by atoms with Crippen LogP contribution in [0.25, 0.3) is 0 Å². The highest BCUT2D eigenvalue weighted by molar-refractivity contribution is 8.00. The molecule has 1 N–H and O–H groups in total. The lowest BCUT2D eigenvalue weighted by Crippen LogP contribution is -2.48. The molecule has 0 aliphatic carbocycles. The van der Waals surface area contributed by atoms with Crippen LogP contribution in [0, 0.1) is 0 Å². The third kappa shape index (κ3) is 4.93. The van der Waals surface area contributed by atoms with Crippen molar-refractivity contribution in [1.29, 1.82) is 0 Å². The van der Waals surface area contributed by atoms with E-state index in [1.165, 1.54) is 11.3 Å². The van der Waals surface area contributed by atoms with E-state index >= 15 is 0 Å². The molecule has 2 aromatic rings. The van der Waals surface area contributed by atoms with Crippen molar-refractivity contribution in [3.63, 3.8) is 0 Å². The third-order valence-corrected chi connectivity index (χ3v) is 6.92. The smallest absolute Gasteiger partial charge is 0.237 e. The van der Waals surface area contributed by atoms with Crippen LogP contribution in [0.2, 0.25) is 0 Å². The fourth-order valence-electron chi connectivity index (χ4n) is 3.95. The summed E-state index contributed by atoms with van der Waals surface area (Å²) in [7, 11) is 0. The van der Waals surface area contributed by atoms with Crippen molar-refractivity contribution in [2.75, 3.05) is 42.1 Å². The van der Waals surface area contributed by atoms with Gasteiger partial charge in [0.2, 0.25) is 11.8 Å². The van der Waals surface area contributed by atoms with E-state index in [9.17, 15) is 9.59 Å². The molecule has 1 saturated heterocycles. The number of fused-ring (bicyclic) bond motifs is 1. The summed E-state index contributed by atoms with van der Waals surface area (Å²) in [6, 6.07) is 18.3. The largest absolute Gasteiger partial charge is 0.368 e. The Labute approximate surface area is 176 Å². The summed E-state index contributed by atoms with van der Waals surface area (Å²) in [6.45, 7) is 3.26. The molecule has 4 rings (SSSR count). The Morgan fingerprint density at radius 2 is 1.72 bits per heavy atom. The number of para-hydroxylation sites is 2. The van der Waals surface area contributed by atoms with E-state index in [-0.39, 0.29) is 17.1 Å². The summed E-state index contributed by atoms with van der Waals surface area (Å²) in [4.78, 5) is 29.4. The third-order valence-electron chi connectivity index (χ3n) is 5.63. The Morgan fingerprint density at radius 3 is 2.52 bits per heavy atom. The molecular formula is C23H27N3O2S. The van der Waals surface area contributed by atoms with E-state index in [1.807, 2.05) is 41.3 Å². The van der Waals surface area contributed by atoms with Gasteiger partial charge < -0.3 is 15.1 Å². The summed E-state index contributed by atoms with van der Waals surface area (Å²) < 4.78 is 0. The predicted molar refractivity (Wildman–Crippen MR) is 119 cm³/mol. The predicted octanol–water partition coefficient (Wildman–Crippen LogP) is 3.41. The molecule has 0 radical (unpaired) electrons. The molecule has 5 nitrogen and oxygen atoms in total. The van der Waals surface area contributed by atoms with Crippen LogP contribution < -0.4 is 10.2 Å². The van der Waals surface area contributed by atoms with E-state index in [2.05, 4.69) is 28.4 Å². The number of carbonyl (C=O) groups is 2. The van der Waals surface area contributed by atoms with Gasteiger partial charge in [0.15, 0.2) is 0 Å². The molecule has 2 amide bonds. The van der Waals surface area contributed by atoms with Gasteiger partial charge in [-0.15, -0.1) is 11.8 Å². The summed E-state index contributed by atoms with van der Waals surface area (Å²) in [5.41, 5.74) is 3.33. The number of nitrogens with zero attached hydrogens (tertiary/aromatic N) is 2. The molecule has 1 fully saturated rings. The molecule has 29 heavy (non-hydrogen) atoms. The summed E-state index contributed by atoms with van der Waals surface area (Å²) in [6.07, 6.45) is 2.20. The van der Waals surface area contributed by atoms with Crippen LogP contribution >= 0.6 is 11.8 Å². The lowest BCUT2D eigenvalue weighted by Gasteiger charge is -2.36. The summed E-state index contributed by atoms with van der Waals surface area (Å²) in [5.74, 6) is 0.943. The topological polar surface area (TPSA) is 52.7 Å². The van der Waals surface area contributed by atoms with Gasteiger partial charge in [0, 0.05) is 49.7 Å². The zero-order valence-corrected chi connectivity index (χ0v) is 17.4. The molecular weight excluding hydrogens is 382 g/mol. The molecule has 0 bridgehead atoms. The molecule has 1 atom stereocenters. The van der Waals surface area contributed by atoms with E-state index in [1.54, 1.807) is 11.8 Å². The van der Waals surface area contributed by atoms with Crippen molar-refractivity contribution < 1.29 is 9.59 Å². The normalized spacial score (nSPS) is 19.3. The number of benzene rings is 2. The van der Waals surface area contributed by atoms with E-state index in [0.29, 0.717) is 12.2 Å². The van der Waals surface area contributed by atoms with Crippen molar-refractivity contribution in [3.8, 4) is 0 Å². The minimum absolute atomic E-state index is 0.0591. The lowest BCUT2D eigenvalue weighted by molar-refractivity contribution is -0.131. The first kappa shape index (κ1) is 19.8. The monoisotopic (exact) mass is 409 g/mol. The highest BCUT2D eigenvalue weighted by Crippen LogP contribution is 2.27. The van der Waals surface area contributed by atoms with Crippen molar-refractivity contribution in [2.24, 2.45) is 0 Å². The molecule has 2 aliphatic rings. The van der Waals surface area contributed by atoms with Crippen molar-refractivity contribution in [2.45, 2.75) is 24.5 Å². The minimum atomic E-state index is -0.0925. The molecule has 2 heterocycles. The number of hydrogen-bond acceptors (Lipinski definition) is 4. The quantitative estimate of drug-likeness (QED) is 0.822. The summed E-state index contributed by atoms with van der Waals surface area (Å²) >= 11 is 1.61. The van der Waals surface area contributed by atoms with E-state index in [4.69, 9.17) is 0 Å². The molecule has 0 aromatic heterocycles. The molecule has 2 aromatic carbocycles. The van der Waals surface area contributed by atoms with E-state index < -0.39 is 0 Å². The number of carbonyl (C=O) groups excluding carboxylic acids is 2. The Kier molecular flexibility index (Phi) is 6.39. The van der Waals surface area contributed by atoms with Crippen LogP contribution in [-0.2, 0) is 16.0 Å². The summed E-state index contributed by atoms with van der Waals surface area (Å²) in [5, 5.41) is 2.94. The van der Waals surface area contributed by atoms with Gasteiger partial charge in [-0.05, 0) is 36.6 Å². The first-order chi connectivity index (χ1) is 14.2. The molecule has 0 spiro atoms. The maximum Gasteiger partial charge on any atom is 0.237 e. The second-order valence-corrected chi connectivity index (χ2v) is 8.81. The number of amides is 2. The average Bonchev–Trinajstić information content (AvgIpc) is 2.93. The first-order valence-corrected chi connectivity index (χ1v) is 11.3. The second-order valence-electron chi connectivity index (χ2n) is 7.50. The fraction of sp³-hybridized carbons (Fsp3) is 0.391. The molecule has 6 heteroatoms. The molecule has 0 unspecified atom stereocenters. The Balaban J connectivity index is 1.21. The van der Waals surface area contributed by atoms with Crippen molar-refractivity contribution in [3.05, 3.63) is 60.2 Å². The number of rotatable bonds is 5. The molecule has 2 aliphatic heterocycles. The SMILES string of the molecule is O=C1Nc2ccccc2CC[C@@H]1SCCC(=O)N1CCN(c2ccccc2)CC1. The number of piperazine rings is 1. The Bertz CT molecular complexity index is 850. The van der Waals surface area contributed by atoms with Crippen LogP contribution in [-0.4, -0.2) is 53.9 Å². The van der Waals surface area contributed by atoms with Crippen molar-refractivity contribution >= 4 is 35.0 Å². The molecule has 0 saturated carbocycles. The second kappa shape index (κ2) is 9.35. The van der Waals surface area contributed by atoms with Crippen molar-refractivity contribution in [1.82, 2.24) is 4.90 Å². The van der Waals surface area contributed by atoms with Crippen LogP contribution in [0.1, 0.15) is 18.4 Å². The maximum absolute atomic E-state index is 12.6. The Morgan fingerprint density at radius 1 is 1.00 bits per heavy atom. The zero-order valence-electron chi connectivity index (χ0n) is 16.5. The lowest BCUT2D eigenvalue weighted by atomic mass is 10.1. The fourth-order valence-corrected chi connectivity index (χ4v) is 5.02. The number of nitrogens with one attached hydrogen (secondary N) is 1. The number of thioether (sulfide) groups is 1. The number of anilines is 2. The van der Waals surface area contributed by atoms with Crippen LogP contribution in [0.4, 0.5) is 11.4 Å². The van der Waals surface area contributed by atoms with Crippen LogP contribution in [0.15, 0.2) is 54.6 Å². The zero-order chi connectivity index (χ0) is 20.1.